The van der Waals surface area contributed by atoms with Gasteiger partial charge in [0.15, 0.2) is 0 Å². The molecule has 0 saturated heterocycles. The van der Waals surface area contributed by atoms with Crippen LogP contribution in [0.1, 0.15) is 26.7 Å². The Balaban J connectivity index is 2.54. The first-order valence-corrected chi connectivity index (χ1v) is 4.10. The third-order valence-corrected chi connectivity index (χ3v) is 2.18. The van der Waals surface area contributed by atoms with E-state index in [1.807, 2.05) is 0 Å². The molecule has 2 unspecified atom stereocenters. The maximum atomic E-state index is 5.44. The molecule has 0 aromatic heterocycles. The van der Waals surface area contributed by atoms with Gasteiger partial charge in [0.25, 0.3) is 0 Å². The number of nitrogens with one attached hydrogen (secondary N) is 1. The summed E-state index contributed by atoms with van der Waals surface area (Å²) in [5, 5.41) is 0. The molecule has 0 fully saturated rings. The van der Waals surface area contributed by atoms with Gasteiger partial charge >= 0.3 is 0 Å². The van der Waals surface area contributed by atoms with Crippen LogP contribution in [-0.2, 0) is 0 Å². The van der Waals surface area contributed by atoms with Crippen LogP contribution in [0.2, 0.25) is 0 Å². The molecule has 0 spiro atoms. The van der Waals surface area contributed by atoms with Crippen molar-refractivity contribution in [2.45, 2.75) is 32.7 Å². The van der Waals surface area contributed by atoms with Crippen LogP contribution in [0.5, 0.6) is 0 Å². The fourth-order valence-electron chi connectivity index (χ4n) is 1.27. The van der Waals surface area contributed by atoms with Crippen LogP contribution < -0.4 is 4.84 Å². The SMILES string of the molecule is CCC1CC(C)C(NCl)=N1. The molecular weight excluding hydrogens is 148 g/mol. The molecule has 2 nitrogen and oxygen atoms in total. The second-order valence-electron chi connectivity index (χ2n) is 2.81. The Morgan fingerprint density at radius 3 is 2.80 bits per heavy atom. The van der Waals surface area contributed by atoms with Crippen LogP contribution in [0, 0.1) is 5.92 Å². The van der Waals surface area contributed by atoms with E-state index in [1.165, 1.54) is 0 Å². The highest BCUT2D eigenvalue weighted by atomic mass is 35.5. The number of halogens is 1. The van der Waals surface area contributed by atoms with Gasteiger partial charge in [0.05, 0.1) is 6.04 Å². The van der Waals surface area contributed by atoms with E-state index in [0.717, 1.165) is 18.7 Å². The third-order valence-electron chi connectivity index (χ3n) is 1.98. The molecule has 2 atom stereocenters. The van der Waals surface area contributed by atoms with E-state index in [0.29, 0.717) is 12.0 Å². The van der Waals surface area contributed by atoms with Crippen LogP contribution in [0.15, 0.2) is 4.99 Å². The first-order valence-electron chi connectivity index (χ1n) is 3.72. The van der Waals surface area contributed by atoms with Gasteiger partial charge in [-0.05, 0) is 12.8 Å². The van der Waals surface area contributed by atoms with Crippen molar-refractivity contribution in [3.8, 4) is 0 Å². The molecule has 10 heavy (non-hydrogen) atoms. The summed E-state index contributed by atoms with van der Waals surface area (Å²) in [6.07, 6.45) is 2.26. The molecule has 0 amide bonds. The Bertz CT molecular complexity index is 145. The average Bonchev–Trinajstić information content (AvgIpc) is 2.30. The Morgan fingerprint density at radius 1 is 1.80 bits per heavy atom. The Labute approximate surface area is 66.8 Å². The van der Waals surface area contributed by atoms with E-state index in [9.17, 15) is 0 Å². The lowest BCUT2D eigenvalue weighted by atomic mass is 10.0. The predicted molar refractivity (Wildman–Crippen MR) is 44.3 cm³/mol. The maximum Gasteiger partial charge on any atom is 0.114 e. The number of aliphatic imine (C=N–C) groups is 1. The van der Waals surface area contributed by atoms with E-state index in [2.05, 4.69) is 23.7 Å². The largest absolute Gasteiger partial charge is 0.286 e. The molecule has 1 heterocycles. The summed E-state index contributed by atoms with van der Waals surface area (Å²) in [5.41, 5.74) is 0. The summed E-state index contributed by atoms with van der Waals surface area (Å²) >= 11 is 5.44. The molecule has 1 aliphatic rings. The van der Waals surface area contributed by atoms with Gasteiger partial charge in [0, 0.05) is 17.7 Å². The number of hydrogen-bond donors (Lipinski definition) is 1. The van der Waals surface area contributed by atoms with E-state index in [4.69, 9.17) is 11.8 Å². The normalized spacial score (nSPS) is 32.1. The summed E-state index contributed by atoms with van der Waals surface area (Å²) in [6.45, 7) is 4.29. The number of nitrogens with zero attached hydrogens (tertiary/aromatic N) is 1. The molecule has 58 valence electrons. The van der Waals surface area contributed by atoms with E-state index < -0.39 is 0 Å². The monoisotopic (exact) mass is 160 g/mol. The quantitative estimate of drug-likeness (QED) is 0.583. The molecule has 1 aliphatic heterocycles. The summed E-state index contributed by atoms with van der Waals surface area (Å²) in [6, 6.07) is 0.497. The van der Waals surface area contributed by atoms with Gasteiger partial charge in [-0.1, -0.05) is 13.8 Å². The van der Waals surface area contributed by atoms with Crippen molar-refractivity contribution in [1.82, 2.24) is 4.84 Å². The molecule has 0 radical (unpaired) electrons. The van der Waals surface area contributed by atoms with E-state index >= 15 is 0 Å². The molecular formula is C7H13ClN2. The van der Waals surface area contributed by atoms with Crippen LogP contribution in [0.3, 0.4) is 0 Å². The molecule has 0 aromatic rings. The van der Waals surface area contributed by atoms with Crippen molar-refractivity contribution in [2.24, 2.45) is 10.9 Å². The Kier molecular flexibility index (Phi) is 2.55. The molecule has 1 rings (SSSR count). The van der Waals surface area contributed by atoms with E-state index in [1.54, 1.807) is 0 Å². The van der Waals surface area contributed by atoms with Crippen molar-refractivity contribution < 1.29 is 0 Å². The van der Waals surface area contributed by atoms with Crippen LogP contribution in [-0.4, -0.2) is 11.9 Å². The van der Waals surface area contributed by atoms with Gasteiger partial charge in [-0.15, -0.1) is 0 Å². The van der Waals surface area contributed by atoms with Crippen molar-refractivity contribution in [1.29, 1.82) is 0 Å². The molecule has 0 aliphatic carbocycles. The summed E-state index contributed by atoms with van der Waals surface area (Å²) in [4.78, 5) is 6.98. The minimum Gasteiger partial charge on any atom is -0.286 e. The van der Waals surface area contributed by atoms with Crippen LogP contribution in [0.25, 0.3) is 0 Å². The zero-order valence-electron chi connectivity index (χ0n) is 6.39. The lowest BCUT2D eigenvalue weighted by molar-refractivity contribution is 0.585. The lowest BCUT2D eigenvalue weighted by Gasteiger charge is -2.02. The maximum absolute atomic E-state index is 5.44. The molecule has 0 saturated carbocycles. The van der Waals surface area contributed by atoms with Crippen molar-refractivity contribution in [3.05, 3.63) is 0 Å². The number of rotatable bonds is 1. The van der Waals surface area contributed by atoms with Crippen LogP contribution in [0.4, 0.5) is 0 Å². The Hall–Kier alpha value is -0.240. The second-order valence-corrected chi connectivity index (χ2v) is 3.00. The molecule has 3 heteroatoms. The van der Waals surface area contributed by atoms with E-state index in [-0.39, 0.29) is 0 Å². The second kappa shape index (κ2) is 3.24. The predicted octanol–water partition coefficient (Wildman–Crippen LogP) is 1.95. The zero-order chi connectivity index (χ0) is 7.56. The zero-order valence-corrected chi connectivity index (χ0v) is 7.15. The van der Waals surface area contributed by atoms with Gasteiger partial charge in [-0.25, -0.2) is 0 Å². The van der Waals surface area contributed by atoms with Gasteiger partial charge < -0.3 is 0 Å². The van der Waals surface area contributed by atoms with Crippen molar-refractivity contribution in [3.63, 3.8) is 0 Å². The highest BCUT2D eigenvalue weighted by Gasteiger charge is 2.22. The van der Waals surface area contributed by atoms with Gasteiger partial charge in [0.2, 0.25) is 0 Å². The highest BCUT2D eigenvalue weighted by Crippen LogP contribution is 2.20. The summed E-state index contributed by atoms with van der Waals surface area (Å²) in [7, 11) is 0. The summed E-state index contributed by atoms with van der Waals surface area (Å²) < 4.78 is 0. The molecule has 1 N–H and O–H groups in total. The smallest absolute Gasteiger partial charge is 0.114 e. The fourth-order valence-corrected chi connectivity index (χ4v) is 1.51. The number of hydrogen-bond acceptors (Lipinski definition) is 2. The topological polar surface area (TPSA) is 24.4 Å². The van der Waals surface area contributed by atoms with Gasteiger partial charge in [-0.2, -0.15) is 0 Å². The van der Waals surface area contributed by atoms with Gasteiger partial charge in [-0.3, -0.25) is 9.83 Å². The molecule has 0 bridgehead atoms. The minimum absolute atomic E-state index is 0.497. The van der Waals surface area contributed by atoms with Gasteiger partial charge in [0.1, 0.15) is 5.84 Å². The van der Waals surface area contributed by atoms with Crippen molar-refractivity contribution >= 4 is 17.6 Å². The average molecular weight is 161 g/mol. The number of amidine groups is 1. The first-order chi connectivity index (χ1) is 4.77. The van der Waals surface area contributed by atoms with Crippen LogP contribution >= 0.6 is 11.8 Å². The Morgan fingerprint density at radius 2 is 2.50 bits per heavy atom. The standard InChI is InChI=1S/C7H13ClN2/c1-3-6-4-5(2)7(9-6)10-8/h5-6H,3-4H2,1-2H3,(H,9,10). The lowest BCUT2D eigenvalue weighted by Crippen LogP contribution is -2.17. The third kappa shape index (κ3) is 1.43. The molecule has 0 aromatic carbocycles. The first kappa shape index (κ1) is 7.86. The highest BCUT2D eigenvalue weighted by molar-refractivity contribution is 6.22. The fraction of sp³-hybridized carbons (Fsp3) is 0.857. The minimum atomic E-state index is 0.497. The van der Waals surface area contributed by atoms with Crippen molar-refractivity contribution in [2.75, 3.05) is 0 Å². The summed E-state index contributed by atoms with van der Waals surface area (Å²) in [5.74, 6) is 1.47.